The molecule has 0 fully saturated rings. The SMILES string of the molecule is COc1ccc(COc2c(Cl)cc(Cl)cc2CO)cc1F. The summed E-state index contributed by atoms with van der Waals surface area (Å²) in [7, 11) is 1.40. The first-order valence-corrected chi connectivity index (χ1v) is 6.84. The highest BCUT2D eigenvalue weighted by atomic mass is 35.5. The Kier molecular flexibility index (Phi) is 5.28. The predicted molar refractivity (Wildman–Crippen MR) is 79.7 cm³/mol. The maximum atomic E-state index is 13.6. The molecule has 6 heteroatoms. The molecule has 0 saturated carbocycles. The number of ether oxygens (including phenoxy) is 2. The van der Waals surface area contributed by atoms with Crippen LogP contribution in [-0.2, 0) is 13.2 Å². The third kappa shape index (κ3) is 3.79. The summed E-state index contributed by atoms with van der Waals surface area (Å²) in [6, 6.07) is 7.61. The number of rotatable bonds is 5. The lowest BCUT2D eigenvalue weighted by atomic mass is 10.2. The van der Waals surface area contributed by atoms with Crippen LogP contribution in [-0.4, -0.2) is 12.2 Å². The average molecular weight is 331 g/mol. The second kappa shape index (κ2) is 6.98. The smallest absolute Gasteiger partial charge is 0.165 e. The molecule has 0 spiro atoms. The molecule has 0 unspecified atom stereocenters. The van der Waals surface area contributed by atoms with Crippen molar-refractivity contribution in [1.82, 2.24) is 0 Å². The third-order valence-electron chi connectivity index (χ3n) is 2.86. The summed E-state index contributed by atoms with van der Waals surface area (Å²) in [6.45, 7) is -0.151. The van der Waals surface area contributed by atoms with Gasteiger partial charge in [-0.15, -0.1) is 0 Å². The number of hydrogen-bond donors (Lipinski definition) is 1. The fraction of sp³-hybridized carbons (Fsp3) is 0.200. The number of methoxy groups -OCH3 is 1. The van der Waals surface area contributed by atoms with Gasteiger partial charge >= 0.3 is 0 Å². The van der Waals surface area contributed by atoms with Crippen LogP contribution in [0.15, 0.2) is 30.3 Å². The van der Waals surface area contributed by atoms with Gasteiger partial charge in [0.2, 0.25) is 0 Å². The van der Waals surface area contributed by atoms with Gasteiger partial charge in [-0.25, -0.2) is 4.39 Å². The molecule has 2 aromatic carbocycles. The van der Waals surface area contributed by atoms with Gasteiger partial charge in [0, 0.05) is 10.6 Å². The molecule has 2 rings (SSSR count). The topological polar surface area (TPSA) is 38.7 Å². The van der Waals surface area contributed by atoms with Gasteiger partial charge in [0.05, 0.1) is 18.7 Å². The fourth-order valence-electron chi connectivity index (χ4n) is 1.85. The quantitative estimate of drug-likeness (QED) is 0.892. The van der Waals surface area contributed by atoms with Crippen molar-refractivity contribution in [3.63, 3.8) is 0 Å². The van der Waals surface area contributed by atoms with Gasteiger partial charge in [-0.05, 0) is 29.8 Å². The summed E-state index contributed by atoms with van der Waals surface area (Å²) < 4.78 is 24.0. The molecule has 0 atom stereocenters. The van der Waals surface area contributed by atoms with Gasteiger partial charge in [-0.1, -0.05) is 29.3 Å². The molecule has 0 bridgehead atoms. The van der Waals surface area contributed by atoms with Crippen LogP contribution in [0.2, 0.25) is 10.0 Å². The largest absolute Gasteiger partial charge is 0.494 e. The molecular weight excluding hydrogens is 318 g/mol. The summed E-state index contributed by atoms with van der Waals surface area (Å²) in [6.07, 6.45) is 0. The van der Waals surface area contributed by atoms with Crippen LogP contribution in [0.3, 0.4) is 0 Å². The fourth-order valence-corrected chi connectivity index (χ4v) is 2.44. The van der Waals surface area contributed by atoms with E-state index >= 15 is 0 Å². The van der Waals surface area contributed by atoms with E-state index in [0.717, 1.165) is 0 Å². The molecule has 0 amide bonds. The Morgan fingerprint density at radius 2 is 1.95 bits per heavy atom. The normalized spacial score (nSPS) is 10.5. The summed E-state index contributed by atoms with van der Waals surface area (Å²) >= 11 is 11.9. The molecule has 0 aliphatic carbocycles. The van der Waals surface area contributed by atoms with Crippen LogP contribution in [0, 0.1) is 5.82 Å². The second-order valence-electron chi connectivity index (χ2n) is 4.29. The van der Waals surface area contributed by atoms with Crippen molar-refractivity contribution < 1.29 is 19.0 Å². The number of halogens is 3. The highest BCUT2D eigenvalue weighted by Crippen LogP contribution is 2.33. The number of aliphatic hydroxyl groups is 1. The van der Waals surface area contributed by atoms with E-state index in [1.807, 2.05) is 0 Å². The van der Waals surface area contributed by atoms with E-state index in [2.05, 4.69) is 0 Å². The second-order valence-corrected chi connectivity index (χ2v) is 5.14. The highest BCUT2D eigenvalue weighted by molar-refractivity contribution is 6.35. The Morgan fingerprint density at radius 1 is 1.19 bits per heavy atom. The van der Waals surface area contributed by atoms with E-state index < -0.39 is 5.82 Å². The molecule has 112 valence electrons. The van der Waals surface area contributed by atoms with Crippen molar-refractivity contribution >= 4 is 23.2 Å². The van der Waals surface area contributed by atoms with Crippen molar-refractivity contribution in [3.05, 3.63) is 57.3 Å². The van der Waals surface area contributed by atoms with Crippen molar-refractivity contribution in [2.24, 2.45) is 0 Å². The van der Waals surface area contributed by atoms with Crippen LogP contribution in [0.25, 0.3) is 0 Å². The predicted octanol–water partition coefficient (Wildman–Crippen LogP) is 4.21. The van der Waals surface area contributed by atoms with Gasteiger partial charge in [0.1, 0.15) is 12.4 Å². The Bertz CT molecular complexity index is 647. The van der Waals surface area contributed by atoms with Gasteiger partial charge in [-0.3, -0.25) is 0 Å². The Balaban J connectivity index is 2.18. The number of benzene rings is 2. The van der Waals surface area contributed by atoms with Gasteiger partial charge < -0.3 is 14.6 Å². The van der Waals surface area contributed by atoms with E-state index in [-0.39, 0.29) is 19.0 Å². The molecular formula is C15H13Cl2FO3. The molecule has 0 aliphatic rings. The Labute approximate surface area is 131 Å². The van der Waals surface area contributed by atoms with Crippen molar-refractivity contribution in [2.75, 3.05) is 7.11 Å². The maximum absolute atomic E-state index is 13.6. The lowest BCUT2D eigenvalue weighted by molar-refractivity contribution is 0.259. The van der Waals surface area contributed by atoms with E-state index in [1.54, 1.807) is 12.1 Å². The zero-order chi connectivity index (χ0) is 15.4. The monoisotopic (exact) mass is 330 g/mol. The summed E-state index contributed by atoms with van der Waals surface area (Å²) in [5, 5.41) is 10.0. The van der Waals surface area contributed by atoms with Gasteiger partial charge in [0.25, 0.3) is 0 Å². The molecule has 0 aliphatic heterocycles. The lowest BCUT2D eigenvalue weighted by Crippen LogP contribution is -2.01. The first kappa shape index (κ1) is 15.9. The minimum Gasteiger partial charge on any atom is -0.494 e. The standard InChI is InChI=1S/C15H13Cl2FO3/c1-20-14-3-2-9(4-13(14)18)8-21-15-10(7-19)5-11(16)6-12(15)17/h2-6,19H,7-8H2,1H3. The molecule has 0 radical (unpaired) electrons. The van der Waals surface area contributed by atoms with Crippen LogP contribution < -0.4 is 9.47 Å². The summed E-state index contributed by atoms with van der Waals surface area (Å²) in [4.78, 5) is 0. The van der Waals surface area contributed by atoms with Crippen LogP contribution >= 0.6 is 23.2 Å². The van der Waals surface area contributed by atoms with Crippen LogP contribution in [0.1, 0.15) is 11.1 Å². The Morgan fingerprint density at radius 3 is 2.57 bits per heavy atom. The molecule has 3 nitrogen and oxygen atoms in total. The van der Waals surface area contributed by atoms with Crippen molar-refractivity contribution in [2.45, 2.75) is 13.2 Å². The zero-order valence-electron chi connectivity index (χ0n) is 11.2. The molecule has 0 heterocycles. The molecule has 1 N–H and O–H groups in total. The molecule has 21 heavy (non-hydrogen) atoms. The summed E-state index contributed by atoms with van der Waals surface area (Å²) in [5.41, 5.74) is 1.09. The van der Waals surface area contributed by atoms with Crippen LogP contribution in [0.4, 0.5) is 4.39 Å². The van der Waals surface area contributed by atoms with Crippen molar-refractivity contribution in [1.29, 1.82) is 0 Å². The molecule has 2 aromatic rings. The summed E-state index contributed by atoms with van der Waals surface area (Å²) in [5.74, 6) is 0.0299. The van der Waals surface area contributed by atoms with Gasteiger partial charge in [-0.2, -0.15) is 0 Å². The Hall–Kier alpha value is -1.49. The lowest BCUT2D eigenvalue weighted by Gasteiger charge is -2.13. The maximum Gasteiger partial charge on any atom is 0.165 e. The van der Waals surface area contributed by atoms with Crippen molar-refractivity contribution in [3.8, 4) is 11.5 Å². The van der Waals surface area contributed by atoms with Crippen LogP contribution in [0.5, 0.6) is 11.5 Å². The van der Waals surface area contributed by atoms with E-state index in [0.29, 0.717) is 26.9 Å². The highest BCUT2D eigenvalue weighted by Gasteiger charge is 2.11. The van der Waals surface area contributed by atoms with E-state index in [4.69, 9.17) is 32.7 Å². The number of aliphatic hydroxyl groups excluding tert-OH is 1. The van der Waals surface area contributed by atoms with E-state index in [1.165, 1.54) is 25.3 Å². The number of hydrogen-bond acceptors (Lipinski definition) is 3. The first-order valence-electron chi connectivity index (χ1n) is 6.09. The molecule has 0 aromatic heterocycles. The minimum atomic E-state index is -0.469. The zero-order valence-corrected chi connectivity index (χ0v) is 12.7. The molecule has 0 saturated heterocycles. The minimum absolute atomic E-state index is 0.106. The third-order valence-corrected chi connectivity index (χ3v) is 3.35. The first-order chi connectivity index (χ1) is 10.0. The average Bonchev–Trinajstić information content (AvgIpc) is 2.45. The van der Waals surface area contributed by atoms with E-state index in [9.17, 15) is 9.50 Å². The van der Waals surface area contributed by atoms with Gasteiger partial charge in [0.15, 0.2) is 11.6 Å².